The number of hydrogen-bond donors (Lipinski definition) is 2. The second-order valence-corrected chi connectivity index (χ2v) is 4.20. The van der Waals surface area contributed by atoms with Gasteiger partial charge in [-0.3, -0.25) is 4.79 Å². The van der Waals surface area contributed by atoms with Crippen molar-refractivity contribution in [3.05, 3.63) is 0 Å². The fraction of sp³-hybridized carbons (Fsp3) is 0.909. The maximum atomic E-state index is 12.0. The Labute approximate surface area is 91.6 Å². The van der Waals surface area contributed by atoms with Gasteiger partial charge in [-0.25, -0.2) is 0 Å². The molecule has 0 bridgehead atoms. The number of rotatable bonds is 6. The zero-order valence-electron chi connectivity index (χ0n) is 9.70. The normalized spacial score (nSPS) is 18.3. The van der Waals surface area contributed by atoms with E-state index in [0.717, 1.165) is 19.6 Å². The summed E-state index contributed by atoms with van der Waals surface area (Å²) in [6, 6.07) is 0. The van der Waals surface area contributed by atoms with Crippen molar-refractivity contribution in [2.75, 3.05) is 32.8 Å². The Morgan fingerprint density at radius 1 is 1.60 bits per heavy atom. The number of carbonyl (C=O) groups excluding carboxylic acids is 1. The average molecular weight is 214 g/mol. The minimum atomic E-state index is 0.116. The molecule has 0 aromatic heterocycles. The Bertz CT molecular complexity index is 205. The highest BCUT2D eigenvalue weighted by molar-refractivity contribution is 5.79. The van der Waals surface area contributed by atoms with E-state index in [0.29, 0.717) is 18.9 Å². The first kappa shape index (κ1) is 12.5. The molecule has 1 unspecified atom stereocenters. The van der Waals surface area contributed by atoms with Crippen LogP contribution in [-0.2, 0) is 4.79 Å². The van der Waals surface area contributed by atoms with Crippen LogP contribution < -0.4 is 5.32 Å². The van der Waals surface area contributed by atoms with Crippen molar-refractivity contribution >= 4 is 5.91 Å². The van der Waals surface area contributed by atoms with Crippen LogP contribution in [0.4, 0.5) is 0 Å². The molecule has 0 spiro atoms. The molecule has 1 atom stereocenters. The summed E-state index contributed by atoms with van der Waals surface area (Å²) < 4.78 is 0. The van der Waals surface area contributed by atoms with Crippen LogP contribution in [0.1, 0.15) is 20.3 Å². The Morgan fingerprint density at radius 2 is 2.27 bits per heavy atom. The average Bonchev–Trinajstić information content (AvgIpc) is 2.16. The lowest BCUT2D eigenvalue weighted by molar-refractivity contribution is -0.137. The van der Waals surface area contributed by atoms with E-state index in [-0.39, 0.29) is 18.4 Å². The van der Waals surface area contributed by atoms with Crippen LogP contribution in [0.2, 0.25) is 0 Å². The Hall–Kier alpha value is -0.610. The van der Waals surface area contributed by atoms with E-state index < -0.39 is 0 Å². The summed E-state index contributed by atoms with van der Waals surface area (Å²) in [5.74, 6) is 0.850. The van der Waals surface area contributed by atoms with Crippen molar-refractivity contribution in [2.45, 2.75) is 20.3 Å². The van der Waals surface area contributed by atoms with Crippen molar-refractivity contribution < 1.29 is 9.90 Å². The molecule has 2 N–H and O–H groups in total. The highest BCUT2D eigenvalue weighted by atomic mass is 16.3. The van der Waals surface area contributed by atoms with Gasteiger partial charge in [0.25, 0.3) is 0 Å². The van der Waals surface area contributed by atoms with E-state index in [1.54, 1.807) is 0 Å². The quantitative estimate of drug-likeness (QED) is 0.658. The van der Waals surface area contributed by atoms with Crippen LogP contribution in [0, 0.1) is 11.8 Å². The van der Waals surface area contributed by atoms with Gasteiger partial charge in [0.2, 0.25) is 5.91 Å². The SMILES string of the molecule is CCN(CCCO)C(=O)C(C)C1CNC1. The van der Waals surface area contributed by atoms with Gasteiger partial charge in [-0.05, 0) is 32.4 Å². The fourth-order valence-corrected chi connectivity index (χ4v) is 1.84. The second kappa shape index (κ2) is 6.08. The van der Waals surface area contributed by atoms with Gasteiger partial charge in [0.1, 0.15) is 0 Å². The summed E-state index contributed by atoms with van der Waals surface area (Å²) in [4.78, 5) is 13.9. The summed E-state index contributed by atoms with van der Waals surface area (Å²) in [6.45, 7) is 7.49. The van der Waals surface area contributed by atoms with Gasteiger partial charge in [0, 0.05) is 25.6 Å². The Morgan fingerprint density at radius 3 is 2.67 bits per heavy atom. The molecule has 1 aliphatic rings. The highest BCUT2D eigenvalue weighted by Gasteiger charge is 2.30. The Kier molecular flexibility index (Phi) is 5.05. The molecule has 0 aliphatic carbocycles. The van der Waals surface area contributed by atoms with Crippen LogP contribution in [0.25, 0.3) is 0 Å². The van der Waals surface area contributed by atoms with Gasteiger partial charge < -0.3 is 15.3 Å². The standard InChI is InChI=1S/C11H22N2O2/c1-3-13(5-4-6-14)11(15)9(2)10-7-12-8-10/h9-10,12,14H,3-8H2,1-2H3. The summed E-state index contributed by atoms with van der Waals surface area (Å²) >= 11 is 0. The van der Waals surface area contributed by atoms with Gasteiger partial charge in [0.05, 0.1) is 0 Å². The maximum Gasteiger partial charge on any atom is 0.225 e. The lowest BCUT2D eigenvalue weighted by Gasteiger charge is -2.34. The first-order valence-electron chi connectivity index (χ1n) is 5.81. The van der Waals surface area contributed by atoms with E-state index in [9.17, 15) is 4.79 Å². The fourth-order valence-electron chi connectivity index (χ4n) is 1.84. The van der Waals surface area contributed by atoms with Crippen molar-refractivity contribution in [3.63, 3.8) is 0 Å². The molecule has 88 valence electrons. The van der Waals surface area contributed by atoms with Crippen LogP contribution in [-0.4, -0.2) is 48.7 Å². The monoisotopic (exact) mass is 214 g/mol. The molecule has 1 aliphatic heterocycles. The highest BCUT2D eigenvalue weighted by Crippen LogP contribution is 2.18. The molecule has 1 rings (SSSR count). The van der Waals surface area contributed by atoms with Crippen molar-refractivity contribution in [1.29, 1.82) is 0 Å². The Balaban J connectivity index is 2.39. The number of carbonyl (C=O) groups is 1. The van der Waals surface area contributed by atoms with Crippen LogP contribution >= 0.6 is 0 Å². The number of nitrogens with one attached hydrogen (secondary N) is 1. The van der Waals surface area contributed by atoms with Crippen molar-refractivity contribution in [2.24, 2.45) is 11.8 Å². The summed E-state index contributed by atoms with van der Waals surface area (Å²) in [5, 5.41) is 11.9. The van der Waals surface area contributed by atoms with E-state index >= 15 is 0 Å². The van der Waals surface area contributed by atoms with E-state index in [1.165, 1.54) is 0 Å². The predicted molar refractivity (Wildman–Crippen MR) is 59.5 cm³/mol. The van der Waals surface area contributed by atoms with Crippen LogP contribution in [0.5, 0.6) is 0 Å². The summed E-state index contributed by atoms with van der Waals surface area (Å²) in [6.07, 6.45) is 0.676. The number of aliphatic hydroxyl groups is 1. The van der Waals surface area contributed by atoms with Gasteiger partial charge in [0.15, 0.2) is 0 Å². The molecule has 1 fully saturated rings. The number of nitrogens with zero attached hydrogens (tertiary/aromatic N) is 1. The largest absolute Gasteiger partial charge is 0.396 e. The maximum absolute atomic E-state index is 12.0. The van der Waals surface area contributed by atoms with Crippen molar-refractivity contribution in [3.8, 4) is 0 Å². The van der Waals surface area contributed by atoms with Gasteiger partial charge >= 0.3 is 0 Å². The van der Waals surface area contributed by atoms with E-state index in [4.69, 9.17) is 5.11 Å². The van der Waals surface area contributed by atoms with E-state index in [2.05, 4.69) is 5.32 Å². The molecule has 15 heavy (non-hydrogen) atoms. The zero-order chi connectivity index (χ0) is 11.3. The molecule has 1 heterocycles. The first-order valence-corrected chi connectivity index (χ1v) is 5.81. The summed E-state index contributed by atoms with van der Waals surface area (Å²) in [7, 11) is 0. The third-order valence-corrected chi connectivity index (χ3v) is 3.19. The summed E-state index contributed by atoms with van der Waals surface area (Å²) in [5.41, 5.74) is 0. The molecule has 4 nitrogen and oxygen atoms in total. The number of hydrogen-bond acceptors (Lipinski definition) is 3. The predicted octanol–water partition coefficient (Wildman–Crippen LogP) is 0.0728. The third-order valence-electron chi connectivity index (χ3n) is 3.19. The smallest absolute Gasteiger partial charge is 0.225 e. The number of amides is 1. The minimum absolute atomic E-state index is 0.116. The molecular weight excluding hydrogens is 192 g/mol. The zero-order valence-corrected chi connectivity index (χ0v) is 9.70. The minimum Gasteiger partial charge on any atom is -0.396 e. The van der Waals surface area contributed by atoms with Gasteiger partial charge in [-0.1, -0.05) is 6.92 Å². The third kappa shape index (κ3) is 3.18. The molecule has 0 aromatic rings. The molecule has 4 heteroatoms. The molecule has 0 saturated carbocycles. The lowest BCUT2D eigenvalue weighted by atomic mass is 9.88. The molecular formula is C11H22N2O2. The first-order chi connectivity index (χ1) is 7.20. The van der Waals surface area contributed by atoms with Gasteiger partial charge in [-0.15, -0.1) is 0 Å². The molecule has 1 saturated heterocycles. The topological polar surface area (TPSA) is 52.6 Å². The lowest BCUT2D eigenvalue weighted by Crippen LogP contribution is -2.50. The van der Waals surface area contributed by atoms with Gasteiger partial charge in [-0.2, -0.15) is 0 Å². The van der Waals surface area contributed by atoms with Crippen molar-refractivity contribution in [1.82, 2.24) is 10.2 Å². The van der Waals surface area contributed by atoms with Crippen LogP contribution in [0.15, 0.2) is 0 Å². The molecule has 0 radical (unpaired) electrons. The molecule has 1 amide bonds. The van der Waals surface area contributed by atoms with E-state index in [1.807, 2.05) is 18.7 Å². The second-order valence-electron chi connectivity index (χ2n) is 4.20. The number of aliphatic hydroxyl groups excluding tert-OH is 1. The van der Waals surface area contributed by atoms with Crippen LogP contribution in [0.3, 0.4) is 0 Å². The molecule has 0 aromatic carbocycles.